The van der Waals surface area contributed by atoms with E-state index in [4.69, 9.17) is 9.15 Å². The van der Waals surface area contributed by atoms with Gasteiger partial charge in [0.2, 0.25) is 5.91 Å². The third-order valence-corrected chi connectivity index (χ3v) is 5.62. The number of hydrogen-bond acceptors (Lipinski definition) is 4. The van der Waals surface area contributed by atoms with E-state index in [0.717, 1.165) is 42.5 Å². The summed E-state index contributed by atoms with van der Waals surface area (Å²) in [5.74, 6) is 1.04. The van der Waals surface area contributed by atoms with Gasteiger partial charge in [-0.1, -0.05) is 44.2 Å². The van der Waals surface area contributed by atoms with E-state index in [2.05, 4.69) is 11.4 Å². The van der Waals surface area contributed by atoms with Crippen LogP contribution in [0.4, 0.5) is 0 Å². The van der Waals surface area contributed by atoms with E-state index in [9.17, 15) is 9.59 Å². The molecule has 0 aliphatic carbocycles. The largest absolute Gasteiger partial charge is 0.486 e. The van der Waals surface area contributed by atoms with Gasteiger partial charge in [0.05, 0.1) is 0 Å². The van der Waals surface area contributed by atoms with Crippen LogP contribution in [0, 0.1) is 5.92 Å². The first-order chi connectivity index (χ1) is 15.0. The Morgan fingerprint density at radius 2 is 1.77 bits per heavy atom. The van der Waals surface area contributed by atoms with E-state index in [1.165, 1.54) is 0 Å². The van der Waals surface area contributed by atoms with Crippen LogP contribution in [0.25, 0.3) is 10.8 Å². The minimum Gasteiger partial charge on any atom is -0.486 e. The van der Waals surface area contributed by atoms with Crippen LogP contribution < -0.4 is 10.1 Å². The molecule has 1 aliphatic heterocycles. The fourth-order valence-electron chi connectivity index (χ4n) is 3.85. The average Bonchev–Trinajstić information content (AvgIpc) is 3.47. The highest BCUT2D eigenvalue weighted by atomic mass is 16.5. The van der Waals surface area contributed by atoms with Gasteiger partial charge in [-0.2, -0.15) is 0 Å². The maximum absolute atomic E-state index is 12.8. The molecule has 2 heterocycles. The van der Waals surface area contributed by atoms with Gasteiger partial charge < -0.3 is 19.4 Å². The number of amides is 2. The van der Waals surface area contributed by atoms with Crippen molar-refractivity contribution in [3.05, 3.63) is 66.1 Å². The smallest absolute Gasteiger partial charge is 0.287 e. The molecule has 1 N–H and O–H groups in total. The number of furan rings is 1. The van der Waals surface area contributed by atoms with Gasteiger partial charge in [-0.15, -0.1) is 0 Å². The lowest BCUT2D eigenvalue weighted by Gasteiger charge is -2.26. The lowest BCUT2D eigenvalue weighted by atomic mass is 10.0. The highest BCUT2D eigenvalue weighted by Crippen LogP contribution is 2.22. The molecule has 1 aliphatic rings. The summed E-state index contributed by atoms with van der Waals surface area (Å²) in [6.07, 6.45) is 2.03. The summed E-state index contributed by atoms with van der Waals surface area (Å²) in [5, 5.41) is 5.10. The maximum Gasteiger partial charge on any atom is 0.287 e. The molecule has 0 unspecified atom stereocenters. The molecule has 162 valence electrons. The van der Waals surface area contributed by atoms with Crippen molar-refractivity contribution < 1.29 is 18.7 Å². The summed E-state index contributed by atoms with van der Waals surface area (Å²) < 4.78 is 11.5. The van der Waals surface area contributed by atoms with Gasteiger partial charge in [0.15, 0.2) is 5.76 Å². The monoisotopic (exact) mass is 420 g/mol. The predicted octanol–water partition coefficient (Wildman–Crippen LogP) is 4.39. The van der Waals surface area contributed by atoms with E-state index in [0.29, 0.717) is 5.76 Å². The normalized spacial score (nSPS) is 14.7. The second kappa shape index (κ2) is 9.25. The van der Waals surface area contributed by atoms with E-state index < -0.39 is 6.04 Å². The molecule has 4 rings (SSSR count). The van der Waals surface area contributed by atoms with Crippen LogP contribution in [0.3, 0.4) is 0 Å². The summed E-state index contributed by atoms with van der Waals surface area (Å²) in [4.78, 5) is 27.3. The molecule has 2 aromatic carbocycles. The van der Waals surface area contributed by atoms with E-state index in [1.807, 2.05) is 55.1 Å². The average molecular weight is 421 g/mol. The van der Waals surface area contributed by atoms with Crippen LogP contribution in [-0.4, -0.2) is 35.8 Å². The molecule has 0 radical (unpaired) electrons. The van der Waals surface area contributed by atoms with Crippen molar-refractivity contribution in [2.24, 2.45) is 5.92 Å². The van der Waals surface area contributed by atoms with Gasteiger partial charge in [0.25, 0.3) is 5.91 Å². The molecule has 3 aromatic rings. The Labute approximate surface area is 182 Å². The number of carbonyl (C=O) groups excluding carboxylic acids is 2. The Kier molecular flexibility index (Phi) is 6.26. The van der Waals surface area contributed by atoms with Gasteiger partial charge in [-0.25, -0.2) is 0 Å². The van der Waals surface area contributed by atoms with Crippen molar-refractivity contribution in [1.82, 2.24) is 10.2 Å². The summed E-state index contributed by atoms with van der Waals surface area (Å²) >= 11 is 0. The molecule has 0 saturated carbocycles. The molecular weight excluding hydrogens is 392 g/mol. The molecule has 1 aromatic heterocycles. The number of carbonyl (C=O) groups is 2. The van der Waals surface area contributed by atoms with Crippen LogP contribution in [0.15, 0.2) is 59.0 Å². The minimum atomic E-state index is -0.562. The minimum absolute atomic E-state index is 0.0114. The number of likely N-dealkylation sites (tertiary alicyclic amines) is 1. The molecule has 6 nitrogen and oxygen atoms in total. The number of ether oxygens (including phenoxy) is 1. The Bertz CT molecular complexity index is 1070. The van der Waals surface area contributed by atoms with E-state index in [1.54, 1.807) is 12.1 Å². The molecule has 1 saturated heterocycles. The number of rotatable bonds is 7. The van der Waals surface area contributed by atoms with E-state index in [-0.39, 0.29) is 30.1 Å². The van der Waals surface area contributed by atoms with Crippen molar-refractivity contribution in [2.45, 2.75) is 39.3 Å². The fourth-order valence-corrected chi connectivity index (χ4v) is 3.85. The first kappa shape index (κ1) is 21.0. The van der Waals surface area contributed by atoms with Crippen LogP contribution >= 0.6 is 0 Å². The molecular formula is C25H28N2O4. The maximum atomic E-state index is 12.8. The molecule has 0 bridgehead atoms. The first-order valence-electron chi connectivity index (χ1n) is 10.8. The van der Waals surface area contributed by atoms with Crippen molar-refractivity contribution >= 4 is 22.6 Å². The van der Waals surface area contributed by atoms with Crippen molar-refractivity contribution in [1.29, 1.82) is 0 Å². The van der Waals surface area contributed by atoms with Gasteiger partial charge in [-0.3, -0.25) is 9.59 Å². The molecule has 1 fully saturated rings. The molecule has 31 heavy (non-hydrogen) atoms. The van der Waals surface area contributed by atoms with Crippen LogP contribution in [0.1, 0.15) is 43.0 Å². The van der Waals surface area contributed by atoms with Crippen molar-refractivity contribution in [2.75, 3.05) is 13.1 Å². The molecule has 0 spiro atoms. The number of nitrogens with one attached hydrogen (secondary N) is 1. The standard InChI is InChI=1S/C25H28N2O4/c1-17(2)23(25(29)27-13-5-6-14-27)26-24(28)22-12-11-21(31-22)16-30-20-10-9-18-7-3-4-8-19(18)15-20/h3-4,7-12,15,17,23H,5-6,13-14,16H2,1-2H3,(H,26,28)/t23-/m0/s1. The van der Waals surface area contributed by atoms with Gasteiger partial charge >= 0.3 is 0 Å². The zero-order chi connectivity index (χ0) is 21.8. The van der Waals surface area contributed by atoms with Crippen LogP contribution in [0.5, 0.6) is 5.75 Å². The highest BCUT2D eigenvalue weighted by Gasteiger charge is 2.30. The highest BCUT2D eigenvalue weighted by molar-refractivity contribution is 5.95. The van der Waals surface area contributed by atoms with Crippen LogP contribution in [-0.2, 0) is 11.4 Å². The van der Waals surface area contributed by atoms with Gasteiger partial charge in [0.1, 0.15) is 24.2 Å². The number of fused-ring (bicyclic) bond motifs is 1. The topological polar surface area (TPSA) is 71.8 Å². The second-order valence-corrected chi connectivity index (χ2v) is 8.29. The number of benzene rings is 2. The third-order valence-electron chi connectivity index (χ3n) is 5.62. The summed E-state index contributed by atoms with van der Waals surface area (Å²) in [6, 6.07) is 16.8. The molecule has 6 heteroatoms. The Morgan fingerprint density at radius 3 is 2.52 bits per heavy atom. The molecule has 2 amide bonds. The lowest BCUT2D eigenvalue weighted by molar-refractivity contribution is -0.133. The predicted molar refractivity (Wildman–Crippen MR) is 119 cm³/mol. The lowest BCUT2D eigenvalue weighted by Crippen LogP contribution is -2.50. The van der Waals surface area contributed by atoms with Gasteiger partial charge in [0, 0.05) is 13.1 Å². The Hall–Kier alpha value is -3.28. The number of nitrogens with zero attached hydrogens (tertiary/aromatic N) is 1. The SMILES string of the molecule is CC(C)[C@H](NC(=O)c1ccc(COc2ccc3ccccc3c2)o1)C(=O)N1CCCC1. The summed E-state index contributed by atoms with van der Waals surface area (Å²) in [7, 11) is 0. The Morgan fingerprint density at radius 1 is 1.03 bits per heavy atom. The number of hydrogen-bond donors (Lipinski definition) is 1. The van der Waals surface area contributed by atoms with Crippen molar-refractivity contribution in [3.63, 3.8) is 0 Å². The zero-order valence-corrected chi connectivity index (χ0v) is 18.0. The fraction of sp³-hybridized carbons (Fsp3) is 0.360. The summed E-state index contributed by atoms with van der Waals surface area (Å²) in [5.41, 5.74) is 0. The second-order valence-electron chi connectivity index (χ2n) is 8.29. The van der Waals surface area contributed by atoms with E-state index >= 15 is 0 Å². The van der Waals surface area contributed by atoms with Gasteiger partial charge in [-0.05, 0) is 53.8 Å². The van der Waals surface area contributed by atoms with Crippen LogP contribution in [0.2, 0.25) is 0 Å². The van der Waals surface area contributed by atoms with Crippen molar-refractivity contribution in [3.8, 4) is 5.75 Å². The zero-order valence-electron chi connectivity index (χ0n) is 18.0. The summed E-state index contributed by atoms with van der Waals surface area (Å²) in [6.45, 7) is 5.60. The third kappa shape index (κ3) is 4.90. The molecule has 1 atom stereocenters. The Balaban J connectivity index is 1.37. The first-order valence-corrected chi connectivity index (χ1v) is 10.8. The quantitative estimate of drug-likeness (QED) is 0.615.